The highest BCUT2D eigenvalue weighted by Crippen LogP contribution is 2.18. The molecule has 0 radical (unpaired) electrons. The van der Waals surface area contributed by atoms with Crippen molar-refractivity contribution in [1.29, 1.82) is 0 Å². The van der Waals surface area contributed by atoms with Crippen LogP contribution in [0.5, 0.6) is 0 Å². The van der Waals surface area contributed by atoms with Crippen molar-refractivity contribution in [2.45, 2.75) is 13.0 Å². The van der Waals surface area contributed by atoms with Crippen LogP contribution >= 0.6 is 0 Å². The molecule has 0 fully saturated rings. The molecule has 3 N–H and O–H groups in total. The summed E-state index contributed by atoms with van der Waals surface area (Å²) in [5.41, 5.74) is 1.65. The van der Waals surface area contributed by atoms with Crippen molar-refractivity contribution in [3.05, 3.63) is 60.2 Å². The summed E-state index contributed by atoms with van der Waals surface area (Å²) >= 11 is 0. The monoisotopic (exact) mass is 354 g/mol. The largest absolute Gasteiger partial charge is 0.480 e. The second-order valence-electron chi connectivity index (χ2n) is 5.39. The van der Waals surface area contributed by atoms with Crippen LogP contribution in [0.3, 0.4) is 0 Å². The quantitative estimate of drug-likeness (QED) is 0.661. The Kier molecular flexibility index (Phi) is 6.55. The Labute approximate surface area is 150 Å². The maximum absolute atomic E-state index is 12.0. The van der Waals surface area contributed by atoms with Crippen LogP contribution in [0.2, 0.25) is 0 Å². The molecule has 0 bridgehead atoms. The number of carboxylic acids is 1. The second kappa shape index (κ2) is 9.07. The molecular formula is C18H18N4O4. The van der Waals surface area contributed by atoms with Crippen molar-refractivity contribution >= 4 is 29.2 Å². The van der Waals surface area contributed by atoms with Crippen molar-refractivity contribution in [3.8, 4) is 0 Å². The number of hydrogen-bond donors (Lipinski definition) is 3. The lowest BCUT2D eigenvalue weighted by atomic mass is 10.2. The molecule has 2 amide bonds. The predicted octanol–water partition coefficient (Wildman–Crippen LogP) is 2.42. The summed E-state index contributed by atoms with van der Waals surface area (Å²) in [6, 6.07) is 14.6. The highest BCUT2D eigenvalue weighted by atomic mass is 16.4. The number of nitrogens with zero attached hydrogens (tertiary/aromatic N) is 2. The first kappa shape index (κ1) is 18.8. The normalized spacial score (nSPS) is 11.7. The molecule has 2 aromatic rings. The highest BCUT2D eigenvalue weighted by Gasteiger charge is 2.14. The van der Waals surface area contributed by atoms with Gasteiger partial charge >= 0.3 is 5.97 Å². The van der Waals surface area contributed by atoms with Crippen molar-refractivity contribution in [1.82, 2.24) is 10.6 Å². The topological polar surface area (TPSA) is 120 Å². The van der Waals surface area contributed by atoms with Crippen molar-refractivity contribution in [2.75, 3.05) is 6.54 Å². The lowest BCUT2D eigenvalue weighted by Gasteiger charge is -2.10. The van der Waals surface area contributed by atoms with E-state index < -0.39 is 23.8 Å². The Bertz CT molecular complexity index is 804. The first-order chi connectivity index (χ1) is 12.5. The Hall–Kier alpha value is -3.55. The number of benzene rings is 2. The van der Waals surface area contributed by atoms with Crippen LogP contribution in [0.1, 0.15) is 17.3 Å². The van der Waals surface area contributed by atoms with E-state index in [1.807, 2.05) is 30.3 Å². The van der Waals surface area contributed by atoms with Gasteiger partial charge in [-0.3, -0.25) is 14.4 Å². The van der Waals surface area contributed by atoms with Gasteiger partial charge in [0.2, 0.25) is 5.91 Å². The summed E-state index contributed by atoms with van der Waals surface area (Å²) < 4.78 is 0. The summed E-state index contributed by atoms with van der Waals surface area (Å²) in [7, 11) is 0. The van der Waals surface area contributed by atoms with E-state index in [-0.39, 0.29) is 6.54 Å². The smallest absolute Gasteiger partial charge is 0.325 e. The fourth-order valence-corrected chi connectivity index (χ4v) is 1.91. The Morgan fingerprint density at radius 1 is 0.962 bits per heavy atom. The molecular weight excluding hydrogens is 336 g/mol. The molecule has 0 aliphatic rings. The van der Waals surface area contributed by atoms with E-state index in [1.165, 1.54) is 6.92 Å². The van der Waals surface area contributed by atoms with Crippen molar-refractivity contribution in [2.24, 2.45) is 10.2 Å². The standard InChI is InChI=1S/C18H18N4O4/c1-12(18(25)26)20-16(23)11-19-17(24)13-7-9-15(10-8-13)22-21-14-5-3-2-4-6-14/h2-10,12H,11H2,1H3,(H,19,24)(H,20,23)(H,25,26). The molecule has 0 saturated carbocycles. The van der Waals surface area contributed by atoms with E-state index in [2.05, 4.69) is 20.9 Å². The summed E-state index contributed by atoms with van der Waals surface area (Å²) in [5, 5.41) is 21.5. The SMILES string of the molecule is CC(NC(=O)CNC(=O)c1ccc(N=Nc2ccccc2)cc1)C(=O)O. The van der Waals surface area contributed by atoms with Gasteiger partial charge in [0.1, 0.15) is 6.04 Å². The molecule has 8 nitrogen and oxygen atoms in total. The summed E-state index contributed by atoms with van der Waals surface area (Å²) in [4.78, 5) is 34.2. The molecule has 26 heavy (non-hydrogen) atoms. The van der Waals surface area contributed by atoms with Crippen LogP contribution in [0.15, 0.2) is 64.8 Å². The van der Waals surface area contributed by atoms with Crippen molar-refractivity contribution in [3.63, 3.8) is 0 Å². The second-order valence-corrected chi connectivity index (χ2v) is 5.39. The number of carboxylic acid groups (broad SMARTS) is 1. The minimum absolute atomic E-state index is 0.314. The number of amides is 2. The van der Waals surface area contributed by atoms with Gasteiger partial charge in [-0.15, -0.1) is 0 Å². The van der Waals surface area contributed by atoms with E-state index >= 15 is 0 Å². The first-order valence-corrected chi connectivity index (χ1v) is 7.83. The van der Waals surface area contributed by atoms with Gasteiger partial charge in [-0.1, -0.05) is 18.2 Å². The van der Waals surface area contributed by atoms with E-state index in [9.17, 15) is 14.4 Å². The highest BCUT2D eigenvalue weighted by molar-refractivity contribution is 5.97. The van der Waals surface area contributed by atoms with Crippen LogP contribution in [0.25, 0.3) is 0 Å². The summed E-state index contributed by atoms with van der Waals surface area (Å²) in [5.74, 6) is -2.18. The Morgan fingerprint density at radius 2 is 1.54 bits per heavy atom. The van der Waals surface area contributed by atoms with E-state index in [0.29, 0.717) is 11.3 Å². The number of aliphatic carboxylic acids is 1. The fourth-order valence-electron chi connectivity index (χ4n) is 1.91. The van der Waals surface area contributed by atoms with Crippen molar-refractivity contribution < 1.29 is 19.5 Å². The van der Waals surface area contributed by atoms with Gasteiger partial charge in [0, 0.05) is 5.56 Å². The number of hydrogen-bond acceptors (Lipinski definition) is 5. The van der Waals surface area contributed by atoms with Gasteiger partial charge in [0.25, 0.3) is 5.91 Å². The average Bonchev–Trinajstić information content (AvgIpc) is 2.65. The molecule has 0 heterocycles. The van der Waals surface area contributed by atoms with Crippen LogP contribution in [0, 0.1) is 0 Å². The van der Waals surface area contributed by atoms with E-state index in [4.69, 9.17) is 5.11 Å². The molecule has 134 valence electrons. The fraction of sp³-hybridized carbons (Fsp3) is 0.167. The van der Waals surface area contributed by atoms with Gasteiger partial charge in [0.05, 0.1) is 17.9 Å². The molecule has 8 heteroatoms. The first-order valence-electron chi connectivity index (χ1n) is 7.83. The molecule has 2 aromatic carbocycles. The lowest BCUT2D eigenvalue weighted by molar-refractivity contribution is -0.141. The molecule has 0 spiro atoms. The average molecular weight is 354 g/mol. The maximum atomic E-state index is 12.0. The number of nitrogens with one attached hydrogen (secondary N) is 2. The number of carbonyl (C=O) groups excluding carboxylic acids is 2. The van der Waals surface area contributed by atoms with Crippen LogP contribution in [0.4, 0.5) is 11.4 Å². The third kappa shape index (κ3) is 5.82. The Balaban J connectivity index is 1.87. The third-order valence-electron chi connectivity index (χ3n) is 3.32. The molecule has 0 saturated heterocycles. The molecule has 1 unspecified atom stereocenters. The number of rotatable bonds is 7. The zero-order valence-electron chi connectivity index (χ0n) is 14.0. The number of azo groups is 1. The lowest BCUT2D eigenvalue weighted by Crippen LogP contribution is -2.43. The van der Waals surface area contributed by atoms with Crippen LogP contribution in [-0.4, -0.2) is 35.5 Å². The van der Waals surface area contributed by atoms with Gasteiger partial charge in [-0.25, -0.2) is 0 Å². The molecule has 0 aromatic heterocycles. The summed E-state index contributed by atoms with van der Waals surface area (Å²) in [6.45, 7) is 1.02. The van der Waals surface area contributed by atoms with Crippen LogP contribution in [-0.2, 0) is 9.59 Å². The molecule has 0 aliphatic carbocycles. The minimum atomic E-state index is -1.15. The van der Waals surface area contributed by atoms with Gasteiger partial charge < -0.3 is 15.7 Å². The zero-order valence-corrected chi connectivity index (χ0v) is 14.0. The van der Waals surface area contributed by atoms with E-state index in [0.717, 1.165) is 5.69 Å². The molecule has 2 rings (SSSR count). The minimum Gasteiger partial charge on any atom is -0.480 e. The van der Waals surface area contributed by atoms with Gasteiger partial charge in [0.15, 0.2) is 0 Å². The van der Waals surface area contributed by atoms with Gasteiger partial charge in [-0.05, 0) is 43.3 Å². The van der Waals surface area contributed by atoms with Gasteiger partial charge in [-0.2, -0.15) is 10.2 Å². The molecule has 0 aliphatic heterocycles. The third-order valence-corrected chi connectivity index (χ3v) is 3.32. The van der Waals surface area contributed by atoms with E-state index in [1.54, 1.807) is 24.3 Å². The zero-order chi connectivity index (χ0) is 18.9. The summed E-state index contributed by atoms with van der Waals surface area (Å²) in [6.07, 6.45) is 0. The number of carbonyl (C=O) groups is 3. The Morgan fingerprint density at radius 3 is 2.12 bits per heavy atom. The molecule has 1 atom stereocenters. The predicted molar refractivity (Wildman–Crippen MR) is 94.6 cm³/mol. The maximum Gasteiger partial charge on any atom is 0.325 e. The van der Waals surface area contributed by atoms with Crippen LogP contribution < -0.4 is 10.6 Å².